The van der Waals surface area contributed by atoms with E-state index in [1.54, 1.807) is 53.6 Å². The number of benzene rings is 2. The zero-order chi connectivity index (χ0) is 22.6. The summed E-state index contributed by atoms with van der Waals surface area (Å²) >= 11 is 0. The monoisotopic (exact) mass is 440 g/mol. The van der Waals surface area contributed by atoms with Crippen LogP contribution in [0.3, 0.4) is 0 Å². The van der Waals surface area contributed by atoms with Crippen molar-refractivity contribution in [2.45, 2.75) is 6.36 Å². The molecule has 32 heavy (non-hydrogen) atoms. The molecule has 0 bridgehead atoms. The number of anilines is 3. The third kappa shape index (κ3) is 5.19. The van der Waals surface area contributed by atoms with Gasteiger partial charge in [-0.1, -0.05) is 12.1 Å². The fourth-order valence-corrected chi connectivity index (χ4v) is 2.80. The quantitative estimate of drug-likeness (QED) is 0.457. The number of ether oxygens (including phenoxy) is 1. The van der Waals surface area contributed by atoms with Crippen LogP contribution in [0.4, 0.5) is 30.4 Å². The van der Waals surface area contributed by atoms with E-state index < -0.39 is 18.0 Å². The summed E-state index contributed by atoms with van der Waals surface area (Å²) in [7, 11) is 0. The molecule has 0 aliphatic heterocycles. The minimum absolute atomic E-state index is 0.236. The Hall–Kier alpha value is -4.41. The Kier molecular flexibility index (Phi) is 5.71. The average molecular weight is 440 g/mol. The molecule has 0 radical (unpaired) electrons. The number of carbonyl (C=O) groups excluding carboxylic acids is 1. The summed E-state index contributed by atoms with van der Waals surface area (Å²) in [6, 6.07) is 13.4. The van der Waals surface area contributed by atoms with Gasteiger partial charge in [-0.05, 0) is 36.4 Å². The molecule has 11 heteroatoms. The molecule has 4 aromatic rings. The maximum atomic E-state index is 12.6. The van der Waals surface area contributed by atoms with Gasteiger partial charge in [0.25, 0.3) is 5.91 Å². The molecule has 2 aromatic carbocycles. The number of amides is 1. The SMILES string of the molecule is O=C(Nc1ccc(Nc2cc(-n3ccnc3)ncn2)cc1)c1ccccc1OC(F)(F)F. The molecule has 0 saturated heterocycles. The van der Waals surface area contributed by atoms with Crippen molar-refractivity contribution in [2.24, 2.45) is 0 Å². The Morgan fingerprint density at radius 3 is 2.47 bits per heavy atom. The van der Waals surface area contributed by atoms with E-state index in [0.717, 1.165) is 6.07 Å². The highest BCUT2D eigenvalue weighted by atomic mass is 19.4. The average Bonchev–Trinajstić information content (AvgIpc) is 3.30. The summed E-state index contributed by atoms with van der Waals surface area (Å²) in [6.45, 7) is 0. The molecule has 0 atom stereocenters. The van der Waals surface area contributed by atoms with Crippen LogP contribution in [0.1, 0.15) is 10.4 Å². The van der Waals surface area contributed by atoms with Crippen LogP contribution in [-0.4, -0.2) is 31.8 Å². The first-order valence-electron chi connectivity index (χ1n) is 9.21. The molecule has 2 N–H and O–H groups in total. The van der Waals surface area contributed by atoms with Crippen molar-refractivity contribution in [3.8, 4) is 11.6 Å². The number of para-hydroxylation sites is 1. The Labute approximate surface area is 179 Å². The number of halogens is 3. The first kappa shape index (κ1) is 20.8. The molecule has 0 fully saturated rings. The minimum Gasteiger partial charge on any atom is -0.405 e. The first-order chi connectivity index (χ1) is 15.4. The van der Waals surface area contributed by atoms with Gasteiger partial charge in [-0.25, -0.2) is 15.0 Å². The maximum Gasteiger partial charge on any atom is 0.573 e. The number of aromatic nitrogens is 4. The molecule has 0 aliphatic carbocycles. The summed E-state index contributed by atoms with van der Waals surface area (Å²) in [5.74, 6) is -0.137. The van der Waals surface area contributed by atoms with Gasteiger partial charge in [0.05, 0.1) is 5.56 Å². The molecular weight excluding hydrogens is 425 g/mol. The Bertz CT molecular complexity index is 1210. The summed E-state index contributed by atoms with van der Waals surface area (Å²) in [5, 5.41) is 5.66. The Balaban J connectivity index is 1.44. The number of carbonyl (C=O) groups is 1. The van der Waals surface area contributed by atoms with Gasteiger partial charge in [0, 0.05) is 29.8 Å². The number of imidazole rings is 1. The highest BCUT2D eigenvalue weighted by Crippen LogP contribution is 2.27. The number of nitrogens with one attached hydrogen (secondary N) is 2. The van der Waals surface area contributed by atoms with Gasteiger partial charge >= 0.3 is 6.36 Å². The van der Waals surface area contributed by atoms with Crippen LogP contribution in [0.15, 0.2) is 79.6 Å². The lowest BCUT2D eigenvalue weighted by Gasteiger charge is -2.13. The number of alkyl halides is 3. The molecule has 1 amide bonds. The van der Waals surface area contributed by atoms with Crippen molar-refractivity contribution in [3.05, 3.63) is 85.2 Å². The lowest BCUT2D eigenvalue weighted by Crippen LogP contribution is -2.20. The van der Waals surface area contributed by atoms with Crippen molar-refractivity contribution in [2.75, 3.05) is 10.6 Å². The van der Waals surface area contributed by atoms with Crippen molar-refractivity contribution in [1.29, 1.82) is 0 Å². The van der Waals surface area contributed by atoms with E-state index in [9.17, 15) is 18.0 Å². The van der Waals surface area contributed by atoms with E-state index >= 15 is 0 Å². The zero-order valence-electron chi connectivity index (χ0n) is 16.2. The van der Waals surface area contributed by atoms with E-state index in [4.69, 9.17) is 0 Å². The van der Waals surface area contributed by atoms with Crippen molar-refractivity contribution >= 4 is 23.1 Å². The zero-order valence-corrected chi connectivity index (χ0v) is 16.2. The number of hydrogen-bond donors (Lipinski definition) is 2. The summed E-state index contributed by atoms with van der Waals surface area (Å²) in [4.78, 5) is 24.8. The molecule has 4 rings (SSSR count). The summed E-state index contributed by atoms with van der Waals surface area (Å²) in [6.07, 6.45) is 1.51. The lowest BCUT2D eigenvalue weighted by molar-refractivity contribution is -0.274. The van der Waals surface area contributed by atoms with Crippen LogP contribution in [0.2, 0.25) is 0 Å². The second kappa shape index (κ2) is 8.76. The van der Waals surface area contributed by atoms with Gasteiger partial charge in [0.15, 0.2) is 0 Å². The van der Waals surface area contributed by atoms with Crippen LogP contribution in [0, 0.1) is 0 Å². The highest BCUT2D eigenvalue weighted by Gasteiger charge is 2.32. The van der Waals surface area contributed by atoms with Gasteiger partial charge in [-0.3, -0.25) is 9.36 Å². The minimum atomic E-state index is -4.90. The van der Waals surface area contributed by atoms with E-state index in [2.05, 4.69) is 30.3 Å². The smallest absolute Gasteiger partial charge is 0.405 e. The van der Waals surface area contributed by atoms with Gasteiger partial charge in [-0.2, -0.15) is 0 Å². The molecule has 162 valence electrons. The van der Waals surface area contributed by atoms with Crippen LogP contribution >= 0.6 is 0 Å². The number of rotatable bonds is 6. The number of nitrogens with zero attached hydrogens (tertiary/aromatic N) is 4. The largest absolute Gasteiger partial charge is 0.573 e. The molecule has 2 heterocycles. The lowest BCUT2D eigenvalue weighted by atomic mass is 10.2. The van der Waals surface area contributed by atoms with Gasteiger partial charge < -0.3 is 15.4 Å². The molecule has 8 nitrogen and oxygen atoms in total. The molecule has 2 aromatic heterocycles. The van der Waals surface area contributed by atoms with E-state index in [0.29, 0.717) is 23.0 Å². The van der Waals surface area contributed by atoms with E-state index in [1.807, 2.05) is 0 Å². The second-order valence-corrected chi connectivity index (χ2v) is 6.43. The van der Waals surface area contributed by atoms with Gasteiger partial charge in [0.1, 0.15) is 30.0 Å². The predicted octanol–water partition coefficient (Wildman–Crippen LogP) is 4.56. The fourth-order valence-electron chi connectivity index (χ4n) is 2.80. The Morgan fingerprint density at radius 1 is 1.00 bits per heavy atom. The fraction of sp³-hybridized carbons (Fsp3) is 0.0476. The molecule has 0 spiro atoms. The van der Waals surface area contributed by atoms with Crippen LogP contribution in [-0.2, 0) is 0 Å². The topological polar surface area (TPSA) is 94.0 Å². The summed E-state index contributed by atoms with van der Waals surface area (Å²) < 4.78 is 43.3. The van der Waals surface area contributed by atoms with Gasteiger partial charge in [0.2, 0.25) is 0 Å². The predicted molar refractivity (Wildman–Crippen MR) is 110 cm³/mol. The van der Waals surface area contributed by atoms with E-state index in [-0.39, 0.29) is 5.56 Å². The van der Waals surface area contributed by atoms with Crippen LogP contribution < -0.4 is 15.4 Å². The highest BCUT2D eigenvalue weighted by molar-refractivity contribution is 6.06. The second-order valence-electron chi connectivity index (χ2n) is 6.43. The molecular formula is C21H15F3N6O2. The molecule has 0 saturated carbocycles. The normalized spacial score (nSPS) is 11.1. The number of hydrogen-bond acceptors (Lipinski definition) is 6. The molecule has 0 unspecified atom stereocenters. The van der Waals surface area contributed by atoms with Crippen LogP contribution in [0.25, 0.3) is 5.82 Å². The standard InChI is InChI=1S/C21H15F3N6O2/c22-21(23,24)32-17-4-2-1-3-16(17)20(31)29-15-7-5-14(6-8-15)28-18-11-19(27-12-26-18)30-10-9-25-13-30/h1-13H,(H,29,31)(H,26,27,28). The first-order valence-corrected chi connectivity index (χ1v) is 9.21. The summed E-state index contributed by atoms with van der Waals surface area (Å²) in [5.41, 5.74) is 0.836. The third-order valence-corrected chi connectivity index (χ3v) is 4.19. The van der Waals surface area contributed by atoms with Crippen molar-refractivity contribution < 1.29 is 22.7 Å². The van der Waals surface area contributed by atoms with E-state index in [1.165, 1.54) is 24.5 Å². The Morgan fingerprint density at radius 2 is 1.75 bits per heavy atom. The van der Waals surface area contributed by atoms with Crippen molar-refractivity contribution in [1.82, 2.24) is 19.5 Å². The van der Waals surface area contributed by atoms with Crippen molar-refractivity contribution in [3.63, 3.8) is 0 Å². The van der Waals surface area contributed by atoms with Gasteiger partial charge in [-0.15, -0.1) is 13.2 Å². The van der Waals surface area contributed by atoms with Crippen LogP contribution in [0.5, 0.6) is 5.75 Å². The molecule has 0 aliphatic rings. The third-order valence-electron chi connectivity index (χ3n) is 4.19. The maximum absolute atomic E-state index is 12.6.